The van der Waals surface area contributed by atoms with E-state index < -0.39 is 11.1 Å². The summed E-state index contributed by atoms with van der Waals surface area (Å²) in [5.41, 5.74) is 6.55. The molecular formula is C16H12N6O3. The molecule has 3 N–H and O–H groups in total. The van der Waals surface area contributed by atoms with Crippen molar-refractivity contribution in [3.8, 4) is 0 Å². The number of guanidine groups is 1. The number of aromatic nitrogens is 2. The van der Waals surface area contributed by atoms with Crippen LogP contribution in [-0.4, -0.2) is 20.4 Å². The van der Waals surface area contributed by atoms with Gasteiger partial charge in [-0.3, -0.25) is 24.8 Å². The van der Waals surface area contributed by atoms with Crippen molar-refractivity contribution >= 4 is 28.5 Å². The van der Waals surface area contributed by atoms with Crippen molar-refractivity contribution in [2.45, 2.75) is 6.17 Å². The second-order valence-corrected chi connectivity index (χ2v) is 5.49. The number of fused-ring (bicyclic) bond motifs is 3. The van der Waals surface area contributed by atoms with Gasteiger partial charge in [0.25, 0.3) is 11.2 Å². The molecule has 0 aliphatic carbocycles. The van der Waals surface area contributed by atoms with Gasteiger partial charge in [0.1, 0.15) is 0 Å². The number of benzene rings is 2. The first kappa shape index (κ1) is 14.8. The third-order valence-electron chi connectivity index (χ3n) is 3.95. The monoisotopic (exact) mass is 336 g/mol. The lowest BCUT2D eigenvalue weighted by Gasteiger charge is -2.27. The van der Waals surface area contributed by atoms with Crippen molar-refractivity contribution in [3.63, 3.8) is 0 Å². The van der Waals surface area contributed by atoms with Crippen LogP contribution in [0.5, 0.6) is 0 Å². The molecule has 0 bridgehead atoms. The molecule has 25 heavy (non-hydrogen) atoms. The Balaban J connectivity index is 2.01. The Hall–Kier alpha value is -3.75. The Labute approximate surface area is 140 Å². The van der Waals surface area contributed by atoms with Gasteiger partial charge in [-0.25, -0.2) is 4.99 Å². The minimum absolute atomic E-state index is 0.0512. The zero-order chi connectivity index (χ0) is 17.6. The Morgan fingerprint density at radius 2 is 2.00 bits per heavy atom. The van der Waals surface area contributed by atoms with Crippen LogP contribution in [0.15, 0.2) is 58.3 Å². The molecule has 0 fully saturated rings. The summed E-state index contributed by atoms with van der Waals surface area (Å²) >= 11 is 0. The molecule has 9 nitrogen and oxygen atoms in total. The first-order valence-electron chi connectivity index (χ1n) is 7.40. The molecule has 0 radical (unpaired) electrons. The molecule has 124 valence electrons. The number of nitro benzene ring substituents is 1. The predicted molar refractivity (Wildman–Crippen MR) is 92.5 cm³/mol. The van der Waals surface area contributed by atoms with Crippen LogP contribution in [-0.2, 0) is 0 Å². The van der Waals surface area contributed by atoms with Crippen molar-refractivity contribution in [3.05, 3.63) is 74.6 Å². The van der Waals surface area contributed by atoms with Crippen molar-refractivity contribution in [2.75, 3.05) is 5.32 Å². The summed E-state index contributed by atoms with van der Waals surface area (Å²) in [4.78, 5) is 31.2. The standard InChI is InChI=1S/C16H12N6O3/c17-15-18-13(9-4-3-5-10(8-9)22(24)25)21-12-7-2-1-6-11(12)14(23)19-16(21)20-15/h1-8,13H,(H3,17,18,19,20,23)/t13-/m0/s1. The quantitative estimate of drug-likeness (QED) is 0.540. The number of hydrogen-bond donors (Lipinski definition) is 2. The zero-order valence-electron chi connectivity index (χ0n) is 12.8. The summed E-state index contributed by atoms with van der Waals surface area (Å²) < 4.78 is 1.70. The molecule has 9 heteroatoms. The van der Waals surface area contributed by atoms with Gasteiger partial charge in [-0.15, -0.1) is 0 Å². The zero-order valence-corrected chi connectivity index (χ0v) is 12.8. The third kappa shape index (κ3) is 2.38. The van der Waals surface area contributed by atoms with Crippen LogP contribution in [0, 0.1) is 10.1 Å². The molecule has 0 unspecified atom stereocenters. The van der Waals surface area contributed by atoms with E-state index in [1.807, 2.05) is 0 Å². The van der Waals surface area contributed by atoms with Gasteiger partial charge in [0.15, 0.2) is 12.1 Å². The molecule has 2 aromatic carbocycles. The first-order chi connectivity index (χ1) is 12.0. The maximum atomic E-state index is 12.2. The van der Waals surface area contributed by atoms with E-state index in [1.165, 1.54) is 12.1 Å². The minimum Gasteiger partial charge on any atom is -0.370 e. The van der Waals surface area contributed by atoms with Crippen LogP contribution in [0.25, 0.3) is 10.9 Å². The van der Waals surface area contributed by atoms with Crippen molar-refractivity contribution in [2.24, 2.45) is 10.7 Å². The van der Waals surface area contributed by atoms with Crippen molar-refractivity contribution in [1.29, 1.82) is 0 Å². The van der Waals surface area contributed by atoms with Crippen molar-refractivity contribution in [1.82, 2.24) is 9.55 Å². The van der Waals surface area contributed by atoms with Gasteiger partial charge >= 0.3 is 0 Å². The summed E-state index contributed by atoms with van der Waals surface area (Å²) in [5, 5.41) is 14.3. The Morgan fingerprint density at radius 3 is 2.80 bits per heavy atom. The van der Waals surface area contributed by atoms with Crippen LogP contribution in [0.3, 0.4) is 0 Å². The van der Waals surface area contributed by atoms with Gasteiger partial charge < -0.3 is 5.73 Å². The minimum atomic E-state index is -0.672. The number of para-hydroxylation sites is 1. The van der Waals surface area contributed by atoms with Crippen molar-refractivity contribution < 1.29 is 4.92 Å². The summed E-state index contributed by atoms with van der Waals surface area (Å²) in [6.07, 6.45) is -0.672. The van der Waals surface area contributed by atoms with E-state index in [1.54, 1.807) is 41.0 Å². The largest absolute Gasteiger partial charge is 0.370 e. The molecule has 0 saturated carbocycles. The lowest BCUT2D eigenvalue weighted by molar-refractivity contribution is -0.384. The molecule has 1 aliphatic rings. The summed E-state index contributed by atoms with van der Waals surface area (Å²) in [7, 11) is 0. The van der Waals surface area contributed by atoms with E-state index in [0.29, 0.717) is 16.5 Å². The SMILES string of the molecule is NC1=N[C@H](c2cccc([N+](=O)[O-])c2)n2c(nc(=O)c3ccccc32)N1. The predicted octanol–water partition coefficient (Wildman–Crippen LogP) is 1.59. The smallest absolute Gasteiger partial charge is 0.282 e. The fourth-order valence-corrected chi connectivity index (χ4v) is 2.88. The summed E-state index contributed by atoms with van der Waals surface area (Å²) in [6.45, 7) is 0. The van der Waals surface area contributed by atoms with E-state index in [4.69, 9.17) is 5.73 Å². The van der Waals surface area contributed by atoms with Crippen LogP contribution in [0.2, 0.25) is 0 Å². The van der Waals surface area contributed by atoms with E-state index in [-0.39, 0.29) is 23.2 Å². The van der Waals surface area contributed by atoms with E-state index >= 15 is 0 Å². The molecule has 0 amide bonds. The maximum Gasteiger partial charge on any atom is 0.282 e. The second kappa shape index (κ2) is 5.41. The average molecular weight is 336 g/mol. The molecule has 0 saturated heterocycles. The van der Waals surface area contributed by atoms with Gasteiger partial charge in [-0.1, -0.05) is 24.3 Å². The topological polar surface area (TPSA) is 128 Å². The van der Waals surface area contributed by atoms with Crippen LogP contribution in [0.4, 0.5) is 11.6 Å². The molecule has 4 rings (SSSR count). The highest BCUT2D eigenvalue weighted by Gasteiger charge is 2.25. The van der Waals surface area contributed by atoms with Gasteiger partial charge in [0.2, 0.25) is 5.95 Å². The second-order valence-electron chi connectivity index (χ2n) is 5.49. The highest BCUT2D eigenvalue weighted by atomic mass is 16.6. The Kier molecular flexibility index (Phi) is 3.21. The molecule has 0 spiro atoms. The highest BCUT2D eigenvalue weighted by Crippen LogP contribution is 2.31. The number of hydrogen-bond acceptors (Lipinski definition) is 7. The number of nitrogens with zero attached hydrogens (tertiary/aromatic N) is 4. The molecule has 1 aliphatic heterocycles. The molecule has 1 atom stereocenters. The summed E-state index contributed by atoms with van der Waals surface area (Å²) in [6, 6.07) is 13.1. The lowest BCUT2D eigenvalue weighted by Crippen LogP contribution is -2.34. The van der Waals surface area contributed by atoms with Gasteiger partial charge in [0, 0.05) is 17.7 Å². The number of anilines is 1. The molecule has 3 aromatic rings. The van der Waals surface area contributed by atoms with E-state index in [9.17, 15) is 14.9 Å². The highest BCUT2D eigenvalue weighted by molar-refractivity contribution is 5.93. The number of nitrogens with two attached hydrogens (primary N) is 1. The molecule has 2 heterocycles. The summed E-state index contributed by atoms with van der Waals surface area (Å²) in [5.74, 6) is 0.325. The molecule has 1 aromatic heterocycles. The number of rotatable bonds is 2. The van der Waals surface area contributed by atoms with Gasteiger partial charge in [-0.2, -0.15) is 4.98 Å². The van der Waals surface area contributed by atoms with Gasteiger partial charge in [0.05, 0.1) is 15.8 Å². The number of nitro groups is 1. The fraction of sp³-hybridized carbons (Fsp3) is 0.0625. The van der Waals surface area contributed by atoms with E-state index in [2.05, 4.69) is 15.3 Å². The maximum absolute atomic E-state index is 12.2. The number of nitrogens with one attached hydrogen (secondary N) is 1. The first-order valence-corrected chi connectivity index (χ1v) is 7.40. The fourth-order valence-electron chi connectivity index (χ4n) is 2.88. The Bertz CT molecular complexity index is 1100. The van der Waals surface area contributed by atoms with Crippen LogP contribution >= 0.6 is 0 Å². The van der Waals surface area contributed by atoms with Crippen LogP contribution in [0.1, 0.15) is 11.7 Å². The number of aliphatic imine (C=N–C) groups is 1. The lowest BCUT2D eigenvalue weighted by atomic mass is 10.1. The van der Waals surface area contributed by atoms with Gasteiger partial charge in [-0.05, 0) is 12.1 Å². The van der Waals surface area contributed by atoms with Crippen LogP contribution < -0.4 is 16.6 Å². The normalized spacial score (nSPS) is 16.0. The third-order valence-corrected chi connectivity index (χ3v) is 3.95. The van der Waals surface area contributed by atoms with E-state index in [0.717, 1.165) is 0 Å². The Morgan fingerprint density at radius 1 is 1.20 bits per heavy atom. The molecular weight excluding hydrogens is 324 g/mol. The number of non-ortho nitro benzene ring substituents is 1. The average Bonchev–Trinajstić information content (AvgIpc) is 2.61.